The first kappa shape index (κ1) is 18.8. The number of aliphatic carboxylic acids is 1. The lowest BCUT2D eigenvalue weighted by Gasteiger charge is -2.09. The first-order valence-electron chi connectivity index (χ1n) is 7.12. The van der Waals surface area contributed by atoms with Crippen LogP contribution in [0.25, 0.3) is 6.08 Å². The van der Waals surface area contributed by atoms with E-state index >= 15 is 0 Å². The second-order valence-corrected chi connectivity index (χ2v) is 5.62. The Bertz CT molecular complexity index is 830. The molecule has 0 radical (unpaired) electrons. The fourth-order valence-corrected chi connectivity index (χ4v) is 2.48. The molecule has 2 rings (SSSR count). The monoisotopic (exact) mass is 380 g/mol. The average Bonchev–Trinajstić information content (AvgIpc) is 2.61. The summed E-state index contributed by atoms with van der Waals surface area (Å²) in [5.74, 6) is -0.754. The third kappa shape index (κ3) is 4.75. The van der Waals surface area contributed by atoms with Crippen LogP contribution in [0.4, 0.5) is 0 Å². The van der Waals surface area contributed by atoms with Gasteiger partial charge in [-0.3, -0.25) is 4.79 Å². The van der Waals surface area contributed by atoms with Gasteiger partial charge in [0, 0.05) is 0 Å². The number of rotatable bonds is 7. The maximum atomic E-state index is 12.3. The molecule has 0 unspecified atom stereocenters. The van der Waals surface area contributed by atoms with Gasteiger partial charge in [-0.1, -0.05) is 35.3 Å². The van der Waals surface area contributed by atoms with E-state index < -0.39 is 12.6 Å². The highest BCUT2D eigenvalue weighted by Gasteiger charge is 2.12. The minimum Gasteiger partial charge on any atom is -0.496 e. The van der Waals surface area contributed by atoms with Gasteiger partial charge in [-0.15, -0.1) is 0 Å². The van der Waals surface area contributed by atoms with Crippen molar-refractivity contribution in [3.05, 3.63) is 63.6 Å². The predicted molar refractivity (Wildman–Crippen MR) is 96.0 cm³/mol. The van der Waals surface area contributed by atoms with E-state index in [4.69, 9.17) is 37.8 Å². The van der Waals surface area contributed by atoms with Crippen molar-refractivity contribution in [2.75, 3.05) is 13.7 Å². The van der Waals surface area contributed by atoms with Crippen LogP contribution < -0.4 is 9.47 Å². The van der Waals surface area contributed by atoms with Gasteiger partial charge in [-0.25, -0.2) is 4.79 Å². The molecule has 0 saturated heterocycles. The molecule has 0 aromatic heterocycles. The minimum atomic E-state index is -1.13. The molecule has 0 spiro atoms. The Kier molecular flexibility index (Phi) is 6.44. The zero-order valence-electron chi connectivity index (χ0n) is 13.2. The van der Waals surface area contributed by atoms with Gasteiger partial charge in [0.25, 0.3) is 0 Å². The molecule has 7 heteroatoms. The van der Waals surface area contributed by atoms with Crippen LogP contribution in [-0.4, -0.2) is 30.6 Å². The maximum Gasteiger partial charge on any atom is 0.341 e. The topological polar surface area (TPSA) is 72.8 Å². The molecule has 0 amide bonds. The molecule has 0 aliphatic rings. The largest absolute Gasteiger partial charge is 0.496 e. The van der Waals surface area contributed by atoms with E-state index in [9.17, 15) is 9.59 Å². The molecular formula is C18H14Cl2O5. The summed E-state index contributed by atoms with van der Waals surface area (Å²) in [6, 6.07) is 9.93. The lowest BCUT2D eigenvalue weighted by atomic mass is 10.1. The Morgan fingerprint density at radius 2 is 1.80 bits per heavy atom. The zero-order valence-corrected chi connectivity index (χ0v) is 14.7. The quantitative estimate of drug-likeness (QED) is 0.570. The molecule has 2 aromatic rings. The van der Waals surface area contributed by atoms with Gasteiger partial charge >= 0.3 is 5.97 Å². The zero-order chi connectivity index (χ0) is 18.4. The molecule has 5 nitrogen and oxygen atoms in total. The smallest absolute Gasteiger partial charge is 0.341 e. The minimum absolute atomic E-state index is 0.0785. The van der Waals surface area contributed by atoms with Gasteiger partial charge in [-0.05, 0) is 42.0 Å². The van der Waals surface area contributed by atoms with Crippen molar-refractivity contribution in [3.63, 3.8) is 0 Å². The Morgan fingerprint density at radius 3 is 2.48 bits per heavy atom. The third-order valence-corrected chi connectivity index (χ3v) is 4.09. The number of allylic oxidation sites excluding steroid dienone is 1. The van der Waals surface area contributed by atoms with Gasteiger partial charge < -0.3 is 14.6 Å². The van der Waals surface area contributed by atoms with Crippen LogP contribution in [0.2, 0.25) is 10.0 Å². The van der Waals surface area contributed by atoms with Crippen molar-refractivity contribution in [3.8, 4) is 11.5 Å². The van der Waals surface area contributed by atoms with Crippen LogP contribution in [0, 0.1) is 0 Å². The summed E-state index contributed by atoms with van der Waals surface area (Å²) in [6.07, 6.45) is 2.87. The van der Waals surface area contributed by atoms with E-state index in [2.05, 4.69) is 0 Å². The predicted octanol–water partition coefficient (Wildman–Crippen LogP) is 4.36. The Balaban J connectivity index is 2.22. The molecule has 1 N–H and O–H groups in total. The Labute approximate surface area is 154 Å². The van der Waals surface area contributed by atoms with E-state index in [-0.39, 0.29) is 21.6 Å². The number of carboxylic acids is 1. The number of benzene rings is 2. The number of carboxylic acid groups (broad SMARTS) is 1. The van der Waals surface area contributed by atoms with Crippen LogP contribution in [-0.2, 0) is 4.79 Å². The fraction of sp³-hybridized carbons (Fsp3) is 0.111. The number of ether oxygens (including phenoxy) is 2. The molecule has 0 aliphatic carbocycles. The number of carbonyl (C=O) groups excluding carboxylic acids is 1. The van der Waals surface area contributed by atoms with Crippen molar-refractivity contribution in [2.45, 2.75) is 0 Å². The normalized spacial score (nSPS) is 10.7. The van der Waals surface area contributed by atoms with Crippen LogP contribution >= 0.6 is 23.2 Å². The first-order chi connectivity index (χ1) is 11.9. The van der Waals surface area contributed by atoms with E-state index in [1.807, 2.05) is 0 Å². The summed E-state index contributed by atoms with van der Waals surface area (Å²) < 4.78 is 10.2. The molecule has 0 bridgehead atoms. The lowest BCUT2D eigenvalue weighted by molar-refractivity contribution is -0.139. The number of halogens is 2. The second-order valence-electron chi connectivity index (χ2n) is 4.86. The van der Waals surface area contributed by atoms with Gasteiger partial charge in [0.15, 0.2) is 12.4 Å². The highest BCUT2D eigenvalue weighted by atomic mass is 35.5. The number of hydrogen-bond acceptors (Lipinski definition) is 4. The number of carbonyl (C=O) groups is 2. The van der Waals surface area contributed by atoms with Crippen molar-refractivity contribution in [2.24, 2.45) is 0 Å². The van der Waals surface area contributed by atoms with E-state index in [1.54, 1.807) is 30.3 Å². The van der Waals surface area contributed by atoms with Gasteiger partial charge in [0.05, 0.1) is 17.7 Å². The van der Waals surface area contributed by atoms with E-state index in [0.29, 0.717) is 16.9 Å². The first-order valence-corrected chi connectivity index (χ1v) is 7.87. The summed E-state index contributed by atoms with van der Waals surface area (Å²) >= 11 is 12.2. The van der Waals surface area contributed by atoms with Crippen molar-refractivity contribution in [1.29, 1.82) is 0 Å². The molecule has 0 saturated carbocycles. The van der Waals surface area contributed by atoms with E-state index in [1.165, 1.54) is 25.3 Å². The van der Waals surface area contributed by atoms with Gasteiger partial charge in [0.2, 0.25) is 0 Å². The van der Waals surface area contributed by atoms with Crippen LogP contribution in [0.5, 0.6) is 11.5 Å². The van der Waals surface area contributed by atoms with Gasteiger partial charge in [-0.2, -0.15) is 0 Å². The van der Waals surface area contributed by atoms with Crippen LogP contribution in [0.3, 0.4) is 0 Å². The summed E-state index contributed by atoms with van der Waals surface area (Å²) in [7, 11) is 1.49. The van der Waals surface area contributed by atoms with E-state index in [0.717, 1.165) is 0 Å². The molecule has 0 atom stereocenters. The molecule has 130 valence electrons. The van der Waals surface area contributed by atoms with Crippen LogP contribution in [0.15, 0.2) is 42.5 Å². The molecule has 0 heterocycles. The summed E-state index contributed by atoms with van der Waals surface area (Å²) in [4.78, 5) is 22.8. The fourth-order valence-electron chi connectivity index (χ4n) is 2.03. The molecule has 0 fully saturated rings. The highest BCUT2D eigenvalue weighted by molar-refractivity contribution is 6.43. The van der Waals surface area contributed by atoms with Gasteiger partial charge in [0.1, 0.15) is 16.5 Å². The lowest BCUT2D eigenvalue weighted by Crippen LogP contribution is -2.09. The number of hydrogen-bond donors (Lipinski definition) is 1. The third-order valence-electron chi connectivity index (χ3n) is 3.21. The number of ketones is 1. The van der Waals surface area contributed by atoms with Crippen LogP contribution in [0.1, 0.15) is 15.9 Å². The average molecular weight is 381 g/mol. The standard InChI is InChI=1S/C18H14Cl2O5/c1-24-14-5-3-2-4-12(14)13(21)8-6-11-7-9-15(18(20)17(11)19)25-10-16(22)23/h2-9H,10H2,1H3,(H,22,23). The molecular weight excluding hydrogens is 367 g/mol. The van der Waals surface area contributed by atoms with Crippen molar-refractivity contribution in [1.82, 2.24) is 0 Å². The summed E-state index contributed by atoms with van der Waals surface area (Å²) in [5.41, 5.74) is 0.919. The highest BCUT2D eigenvalue weighted by Crippen LogP contribution is 2.35. The SMILES string of the molecule is COc1ccccc1C(=O)C=Cc1ccc(OCC(=O)O)c(Cl)c1Cl. The molecule has 0 aliphatic heterocycles. The Hall–Kier alpha value is -2.50. The second kappa shape index (κ2) is 8.55. The number of methoxy groups -OCH3 is 1. The molecule has 2 aromatic carbocycles. The van der Waals surface area contributed by atoms with Crippen molar-refractivity contribution < 1.29 is 24.2 Å². The summed E-state index contributed by atoms with van der Waals surface area (Å²) in [6.45, 7) is -0.530. The maximum absolute atomic E-state index is 12.3. The molecule has 25 heavy (non-hydrogen) atoms. The number of para-hydroxylation sites is 1. The Morgan fingerprint density at radius 1 is 1.08 bits per heavy atom. The van der Waals surface area contributed by atoms with Crippen molar-refractivity contribution >= 4 is 41.0 Å². The summed E-state index contributed by atoms with van der Waals surface area (Å²) in [5, 5.41) is 8.87.